The van der Waals surface area contributed by atoms with E-state index in [2.05, 4.69) is 51.0 Å². The lowest BCUT2D eigenvalue weighted by Crippen LogP contribution is -2.46. The number of carbonyl (C=O) groups excluding carboxylic acids is 1. The van der Waals surface area contributed by atoms with Crippen molar-refractivity contribution < 1.29 is 9.53 Å². The van der Waals surface area contributed by atoms with Crippen molar-refractivity contribution in [2.75, 3.05) is 37.6 Å². The Hall–Kier alpha value is -3.06. The molecule has 140 valence electrons. The van der Waals surface area contributed by atoms with E-state index in [0.717, 1.165) is 49.6 Å². The molecule has 1 aliphatic rings. The second-order valence-corrected chi connectivity index (χ2v) is 6.63. The number of amides is 1. The zero-order chi connectivity index (χ0) is 18.8. The number of nitrogens with two attached hydrogens (primary N) is 1. The molecule has 0 aliphatic carbocycles. The van der Waals surface area contributed by atoms with Crippen LogP contribution in [0.3, 0.4) is 0 Å². The predicted molar refractivity (Wildman–Crippen MR) is 106 cm³/mol. The number of benzene rings is 2. The molecule has 0 spiro atoms. The van der Waals surface area contributed by atoms with Crippen molar-refractivity contribution in [1.29, 1.82) is 0 Å². The number of piperazine rings is 1. The normalized spacial score (nSPS) is 15.2. The fourth-order valence-corrected chi connectivity index (χ4v) is 3.49. The molecule has 7 nitrogen and oxygen atoms in total. The number of nitrogens with zero attached hydrogens (tertiary/aromatic N) is 3. The maximum atomic E-state index is 11.1. The monoisotopic (exact) mass is 365 g/mol. The number of hydrogen-bond acceptors (Lipinski definition) is 5. The molecule has 4 rings (SSSR count). The van der Waals surface area contributed by atoms with E-state index in [1.807, 2.05) is 6.07 Å². The minimum absolute atomic E-state index is 0.355. The van der Waals surface area contributed by atoms with E-state index in [4.69, 9.17) is 10.5 Å². The highest BCUT2D eigenvalue weighted by molar-refractivity contribution is 5.87. The van der Waals surface area contributed by atoms with Gasteiger partial charge in [-0.2, -0.15) is 0 Å². The van der Waals surface area contributed by atoms with Crippen molar-refractivity contribution >= 4 is 22.8 Å². The lowest BCUT2D eigenvalue weighted by molar-refractivity contribution is 0.211. The minimum atomic E-state index is -0.848. The predicted octanol–water partition coefficient (Wildman–Crippen LogP) is 2.83. The molecule has 1 amide bonds. The van der Waals surface area contributed by atoms with Gasteiger partial charge in [-0.15, -0.1) is 0 Å². The molecule has 0 radical (unpaired) electrons. The summed E-state index contributed by atoms with van der Waals surface area (Å²) in [5.74, 6) is 1.08. The van der Waals surface area contributed by atoms with E-state index in [-0.39, 0.29) is 0 Å². The molecule has 27 heavy (non-hydrogen) atoms. The maximum Gasteiger partial charge on any atom is 0.410 e. The summed E-state index contributed by atoms with van der Waals surface area (Å²) < 4.78 is 5.04. The van der Waals surface area contributed by atoms with Gasteiger partial charge in [0.2, 0.25) is 0 Å². The number of likely N-dealkylation sites (N-methyl/N-ethyl adjacent to an activating group) is 1. The van der Waals surface area contributed by atoms with Crippen LogP contribution in [0.4, 0.5) is 10.5 Å². The van der Waals surface area contributed by atoms with Crippen molar-refractivity contribution in [3.63, 3.8) is 0 Å². The van der Waals surface area contributed by atoms with Gasteiger partial charge in [-0.1, -0.05) is 13.0 Å². The number of carbonyl (C=O) groups is 1. The van der Waals surface area contributed by atoms with Crippen molar-refractivity contribution in [3.8, 4) is 17.1 Å². The highest BCUT2D eigenvalue weighted by Gasteiger charge is 2.16. The Morgan fingerprint density at radius 3 is 2.56 bits per heavy atom. The van der Waals surface area contributed by atoms with Gasteiger partial charge in [0.25, 0.3) is 0 Å². The number of aromatic nitrogens is 2. The average molecular weight is 365 g/mol. The van der Waals surface area contributed by atoms with Crippen LogP contribution in [0.2, 0.25) is 0 Å². The van der Waals surface area contributed by atoms with Crippen LogP contribution in [0, 0.1) is 0 Å². The summed E-state index contributed by atoms with van der Waals surface area (Å²) in [6, 6.07) is 13.7. The molecule has 0 atom stereocenters. The number of nitrogens with one attached hydrogen (secondary N) is 1. The molecule has 1 aromatic heterocycles. The Kier molecular flexibility index (Phi) is 4.68. The molecule has 2 heterocycles. The Bertz CT molecular complexity index is 943. The van der Waals surface area contributed by atoms with E-state index in [9.17, 15) is 4.79 Å². The number of para-hydroxylation sites is 1. The molecule has 3 aromatic rings. The summed E-state index contributed by atoms with van der Waals surface area (Å²) in [5.41, 5.74) is 8.72. The van der Waals surface area contributed by atoms with Crippen LogP contribution in [0.25, 0.3) is 22.4 Å². The zero-order valence-corrected chi connectivity index (χ0v) is 15.3. The number of fused-ring (bicyclic) bond motifs is 1. The molecular weight excluding hydrogens is 342 g/mol. The first kappa shape index (κ1) is 17.4. The molecule has 0 saturated carbocycles. The van der Waals surface area contributed by atoms with Crippen LogP contribution in [0.15, 0.2) is 42.5 Å². The molecular formula is C20H23N5O2. The summed E-state index contributed by atoms with van der Waals surface area (Å²) in [4.78, 5) is 23.8. The van der Waals surface area contributed by atoms with Crippen molar-refractivity contribution in [1.82, 2.24) is 14.9 Å². The van der Waals surface area contributed by atoms with E-state index in [1.54, 1.807) is 12.1 Å². The van der Waals surface area contributed by atoms with Crippen LogP contribution in [-0.2, 0) is 0 Å². The van der Waals surface area contributed by atoms with Gasteiger partial charge in [-0.25, -0.2) is 9.78 Å². The Balaban J connectivity index is 1.56. The highest BCUT2D eigenvalue weighted by Crippen LogP contribution is 2.28. The van der Waals surface area contributed by atoms with Crippen LogP contribution in [0.5, 0.6) is 5.75 Å². The first-order valence-electron chi connectivity index (χ1n) is 9.18. The lowest BCUT2D eigenvalue weighted by atomic mass is 10.1. The third kappa shape index (κ3) is 3.59. The number of H-pyrrole nitrogens is 1. The first-order valence-corrected chi connectivity index (χ1v) is 9.18. The fourth-order valence-electron chi connectivity index (χ4n) is 3.49. The van der Waals surface area contributed by atoms with Crippen LogP contribution >= 0.6 is 0 Å². The van der Waals surface area contributed by atoms with Crippen molar-refractivity contribution in [3.05, 3.63) is 42.5 Å². The highest BCUT2D eigenvalue weighted by atomic mass is 16.5. The SMILES string of the molecule is CCN1CCN(c2ccc(-c3nc4c(OC(N)=O)cccc4[nH]3)cc2)CC1. The molecule has 0 unspecified atom stereocenters. The Morgan fingerprint density at radius 1 is 1.15 bits per heavy atom. The third-order valence-electron chi connectivity index (χ3n) is 5.01. The third-order valence-corrected chi connectivity index (χ3v) is 5.01. The van der Waals surface area contributed by atoms with Gasteiger partial charge in [-0.05, 0) is 42.9 Å². The van der Waals surface area contributed by atoms with Gasteiger partial charge in [0.15, 0.2) is 5.75 Å². The summed E-state index contributed by atoms with van der Waals surface area (Å²) in [6.45, 7) is 7.62. The second-order valence-electron chi connectivity index (χ2n) is 6.63. The second kappa shape index (κ2) is 7.28. The Labute approximate surface area is 157 Å². The maximum absolute atomic E-state index is 11.1. The Morgan fingerprint density at radius 2 is 1.89 bits per heavy atom. The van der Waals surface area contributed by atoms with Gasteiger partial charge in [0.05, 0.1) is 5.52 Å². The summed E-state index contributed by atoms with van der Waals surface area (Å²) in [6.07, 6.45) is -0.848. The molecule has 1 fully saturated rings. The van der Waals surface area contributed by atoms with Gasteiger partial charge in [0.1, 0.15) is 11.3 Å². The molecule has 2 aromatic carbocycles. The largest absolute Gasteiger partial charge is 0.410 e. The summed E-state index contributed by atoms with van der Waals surface area (Å²) in [5, 5.41) is 0. The average Bonchev–Trinajstić information content (AvgIpc) is 3.13. The zero-order valence-electron chi connectivity index (χ0n) is 15.3. The smallest absolute Gasteiger partial charge is 0.408 e. The fraction of sp³-hybridized carbons (Fsp3) is 0.300. The number of imidazole rings is 1. The summed E-state index contributed by atoms with van der Waals surface area (Å²) >= 11 is 0. The molecule has 7 heteroatoms. The van der Waals surface area contributed by atoms with E-state index < -0.39 is 6.09 Å². The van der Waals surface area contributed by atoms with Crippen LogP contribution in [-0.4, -0.2) is 53.7 Å². The van der Waals surface area contributed by atoms with Crippen LogP contribution in [0.1, 0.15) is 6.92 Å². The van der Waals surface area contributed by atoms with Crippen molar-refractivity contribution in [2.24, 2.45) is 5.73 Å². The van der Waals surface area contributed by atoms with E-state index in [0.29, 0.717) is 11.3 Å². The number of aromatic amines is 1. The van der Waals surface area contributed by atoms with E-state index in [1.165, 1.54) is 5.69 Å². The number of hydrogen-bond donors (Lipinski definition) is 2. The quantitative estimate of drug-likeness (QED) is 0.742. The molecule has 1 saturated heterocycles. The van der Waals surface area contributed by atoms with Crippen molar-refractivity contribution in [2.45, 2.75) is 6.92 Å². The number of ether oxygens (including phenoxy) is 1. The van der Waals surface area contributed by atoms with E-state index >= 15 is 0 Å². The standard InChI is InChI=1S/C20H23N5O2/c1-2-24-10-12-25(13-11-24)15-8-6-14(7-9-15)19-22-16-4-3-5-17(18(16)23-19)27-20(21)26/h3-9H,2,10-13H2,1H3,(H2,21,26)(H,22,23). The van der Waals surface area contributed by atoms with Gasteiger partial charge < -0.3 is 25.3 Å². The first-order chi connectivity index (χ1) is 13.1. The number of primary amides is 1. The lowest BCUT2D eigenvalue weighted by Gasteiger charge is -2.35. The van der Waals surface area contributed by atoms with Gasteiger partial charge in [-0.3, -0.25) is 0 Å². The summed E-state index contributed by atoms with van der Waals surface area (Å²) in [7, 11) is 0. The van der Waals surface area contributed by atoms with Gasteiger partial charge in [0, 0.05) is 37.4 Å². The topological polar surface area (TPSA) is 87.5 Å². The van der Waals surface area contributed by atoms with Gasteiger partial charge >= 0.3 is 6.09 Å². The van der Waals surface area contributed by atoms with Crippen LogP contribution < -0.4 is 15.4 Å². The molecule has 0 bridgehead atoms. The molecule has 1 aliphatic heterocycles. The minimum Gasteiger partial charge on any atom is -0.408 e. The number of rotatable bonds is 4. The molecule has 3 N–H and O–H groups in total. The number of anilines is 1.